The van der Waals surface area contributed by atoms with Crippen LogP contribution in [0.3, 0.4) is 0 Å². The summed E-state index contributed by atoms with van der Waals surface area (Å²) in [6.45, 7) is 2.39. The fourth-order valence-electron chi connectivity index (χ4n) is 2.55. The minimum absolute atomic E-state index is 0.161. The highest BCUT2D eigenvalue weighted by Crippen LogP contribution is 2.17. The number of fused-ring (bicyclic) bond motifs is 1. The van der Waals surface area contributed by atoms with Crippen molar-refractivity contribution in [3.8, 4) is 0 Å². The standard InChI is InChI=1S/C15H18FN3O3S/c16-9-6-11(13-12(7-9)18-15(23)19-13)14(20)17-3-1-4-22-10-2-5-21-8-10/h6-7,10H,1-5,8H2,(H,17,20)(H2,18,19,23). The summed E-state index contributed by atoms with van der Waals surface area (Å²) < 4.78 is 24.8. The first-order valence-electron chi connectivity index (χ1n) is 7.52. The number of ether oxygens (including phenoxy) is 2. The van der Waals surface area contributed by atoms with E-state index in [-0.39, 0.29) is 17.6 Å². The van der Waals surface area contributed by atoms with Crippen LogP contribution < -0.4 is 5.32 Å². The van der Waals surface area contributed by atoms with E-state index in [1.807, 2.05) is 0 Å². The van der Waals surface area contributed by atoms with Gasteiger partial charge in [-0.1, -0.05) is 0 Å². The van der Waals surface area contributed by atoms with Gasteiger partial charge in [0.1, 0.15) is 5.82 Å². The van der Waals surface area contributed by atoms with Crippen molar-refractivity contribution in [2.24, 2.45) is 0 Å². The van der Waals surface area contributed by atoms with E-state index in [0.29, 0.717) is 42.0 Å². The minimum Gasteiger partial charge on any atom is -0.379 e. The molecule has 6 nitrogen and oxygen atoms in total. The summed E-state index contributed by atoms with van der Waals surface area (Å²) in [4.78, 5) is 17.9. The number of rotatable bonds is 6. The van der Waals surface area contributed by atoms with Crippen LogP contribution in [0.2, 0.25) is 0 Å². The third-order valence-electron chi connectivity index (χ3n) is 3.68. The van der Waals surface area contributed by atoms with Gasteiger partial charge in [0, 0.05) is 19.8 Å². The number of aromatic amines is 2. The number of aromatic nitrogens is 2. The Kier molecular flexibility index (Phi) is 5.04. The van der Waals surface area contributed by atoms with E-state index in [9.17, 15) is 9.18 Å². The van der Waals surface area contributed by atoms with Gasteiger partial charge in [0.15, 0.2) is 4.77 Å². The molecule has 23 heavy (non-hydrogen) atoms. The summed E-state index contributed by atoms with van der Waals surface area (Å²) in [6, 6.07) is 2.50. The van der Waals surface area contributed by atoms with E-state index in [2.05, 4.69) is 15.3 Å². The van der Waals surface area contributed by atoms with Crippen LogP contribution >= 0.6 is 12.2 Å². The van der Waals surface area contributed by atoms with Gasteiger partial charge in [-0.3, -0.25) is 4.79 Å². The second kappa shape index (κ2) is 7.20. The number of nitrogens with one attached hydrogen (secondary N) is 3. The lowest BCUT2D eigenvalue weighted by atomic mass is 10.1. The Morgan fingerprint density at radius 3 is 3.13 bits per heavy atom. The zero-order valence-electron chi connectivity index (χ0n) is 12.5. The number of carbonyl (C=O) groups excluding carboxylic acids is 1. The lowest BCUT2D eigenvalue weighted by Crippen LogP contribution is -2.26. The maximum absolute atomic E-state index is 13.6. The lowest BCUT2D eigenvalue weighted by Gasteiger charge is -2.10. The minimum atomic E-state index is -0.488. The highest BCUT2D eigenvalue weighted by atomic mass is 32.1. The lowest BCUT2D eigenvalue weighted by molar-refractivity contribution is 0.0415. The second-order valence-electron chi connectivity index (χ2n) is 5.42. The van der Waals surface area contributed by atoms with Gasteiger partial charge < -0.3 is 24.8 Å². The Bertz CT molecular complexity index is 752. The van der Waals surface area contributed by atoms with Gasteiger partial charge in [-0.25, -0.2) is 4.39 Å². The van der Waals surface area contributed by atoms with Crippen molar-refractivity contribution >= 4 is 29.2 Å². The molecule has 8 heteroatoms. The van der Waals surface area contributed by atoms with Crippen LogP contribution in [0.1, 0.15) is 23.2 Å². The van der Waals surface area contributed by atoms with Crippen molar-refractivity contribution < 1.29 is 18.7 Å². The molecule has 3 rings (SSSR count). The molecule has 1 saturated heterocycles. The van der Waals surface area contributed by atoms with Crippen molar-refractivity contribution in [3.05, 3.63) is 28.3 Å². The molecule has 2 heterocycles. The van der Waals surface area contributed by atoms with Crippen molar-refractivity contribution in [1.82, 2.24) is 15.3 Å². The summed E-state index contributed by atoms with van der Waals surface area (Å²) >= 11 is 4.98. The van der Waals surface area contributed by atoms with Gasteiger partial charge in [-0.15, -0.1) is 0 Å². The van der Waals surface area contributed by atoms with Gasteiger partial charge in [0.2, 0.25) is 0 Å². The molecule has 0 aliphatic carbocycles. The number of hydrogen-bond donors (Lipinski definition) is 3. The van der Waals surface area contributed by atoms with Crippen LogP contribution in [0.25, 0.3) is 11.0 Å². The van der Waals surface area contributed by atoms with Gasteiger partial charge in [-0.2, -0.15) is 0 Å². The fraction of sp³-hybridized carbons (Fsp3) is 0.467. The van der Waals surface area contributed by atoms with E-state index >= 15 is 0 Å². The molecule has 1 aromatic carbocycles. The maximum atomic E-state index is 13.6. The molecule has 1 aliphatic heterocycles. The van der Waals surface area contributed by atoms with Crippen molar-refractivity contribution in [2.75, 3.05) is 26.4 Å². The molecule has 1 fully saturated rings. The summed E-state index contributed by atoms with van der Waals surface area (Å²) in [6.07, 6.45) is 1.76. The highest BCUT2D eigenvalue weighted by Gasteiger charge is 2.16. The largest absolute Gasteiger partial charge is 0.379 e. The molecule has 0 bridgehead atoms. The third kappa shape index (κ3) is 3.95. The molecule has 2 aromatic rings. The summed E-state index contributed by atoms with van der Waals surface area (Å²) in [5, 5.41) is 2.77. The molecule has 0 saturated carbocycles. The Morgan fingerprint density at radius 1 is 1.48 bits per heavy atom. The third-order valence-corrected chi connectivity index (χ3v) is 3.89. The van der Waals surface area contributed by atoms with Gasteiger partial charge in [-0.05, 0) is 37.2 Å². The fourth-order valence-corrected chi connectivity index (χ4v) is 2.76. The Hall–Kier alpha value is -1.77. The Balaban J connectivity index is 1.54. The molecular weight excluding hydrogens is 321 g/mol. The molecular formula is C15H18FN3O3S. The zero-order chi connectivity index (χ0) is 16.2. The number of amides is 1. The predicted molar refractivity (Wildman–Crippen MR) is 85.6 cm³/mol. The van der Waals surface area contributed by atoms with Crippen LogP contribution in [0.15, 0.2) is 12.1 Å². The predicted octanol–water partition coefficient (Wildman–Crippen LogP) is 2.29. The van der Waals surface area contributed by atoms with Gasteiger partial charge in [0.25, 0.3) is 5.91 Å². The SMILES string of the molecule is O=C(NCCCOC1CCOC1)c1cc(F)cc2[nH]c(=S)[nH]c12. The first-order valence-corrected chi connectivity index (χ1v) is 7.93. The normalized spacial score (nSPS) is 17.7. The number of halogens is 1. The molecule has 1 aromatic heterocycles. The molecule has 0 radical (unpaired) electrons. The molecule has 1 atom stereocenters. The summed E-state index contributed by atoms with van der Waals surface area (Å²) in [5.74, 6) is -0.832. The van der Waals surface area contributed by atoms with Crippen LogP contribution in [-0.2, 0) is 9.47 Å². The number of hydrogen-bond acceptors (Lipinski definition) is 4. The first-order chi connectivity index (χ1) is 11.1. The molecule has 124 valence electrons. The summed E-state index contributed by atoms with van der Waals surface area (Å²) in [7, 11) is 0. The zero-order valence-corrected chi connectivity index (χ0v) is 13.3. The summed E-state index contributed by atoms with van der Waals surface area (Å²) in [5.41, 5.74) is 1.22. The number of carbonyl (C=O) groups is 1. The maximum Gasteiger partial charge on any atom is 0.253 e. The van der Waals surface area contributed by atoms with Crippen molar-refractivity contribution in [1.29, 1.82) is 0 Å². The average molecular weight is 339 g/mol. The van der Waals surface area contributed by atoms with Crippen molar-refractivity contribution in [3.63, 3.8) is 0 Å². The van der Waals surface area contributed by atoms with Crippen LogP contribution in [0.4, 0.5) is 4.39 Å². The number of imidazole rings is 1. The van der Waals surface area contributed by atoms with Gasteiger partial charge >= 0.3 is 0 Å². The van der Waals surface area contributed by atoms with E-state index in [4.69, 9.17) is 21.7 Å². The van der Waals surface area contributed by atoms with Crippen LogP contribution in [0.5, 0.6) is 0 Å². The van der Waals surface area contributed by atoms with E-state index in [1.54, 1.807) is 0 Å². The molecule has 1 unspecified atom stereocenters. The van der Waals surface area contributed by atoms with E-state index in [0.717, 1.165) is 13.0 Å². The number of benzene rings is 1. The second-order valence-corrected chi connectivity index (χ2v) is 5.83. The molecule has 3 N–H and O–H groups in total. The van der Waals surface area contributed by atoms with E-state index < -0.39 is 5.82 Å². The monoisotopic (exact) mass is 339 g/mol. The quantitative estimate of drug-likeness (QED) is 0.557. The van der Waals surface area contributed by atoms with Crippen molar-refractivity contribution in [2.45, 2.75) is 18.9 Å². The highest BCUT2D eigenvalue weighted by molar-refractivity contribution is 7.71. The van der Waals surface area contributed by atoms with Crippen LogP contribution in [0, 0.1) is 10.6 Å². The average Bonchev–Trinajstić information content (AvgIpc) is 3.14. The Morgan fingerprint density at radius 2 is 2.35 bits per heavy atom. The Labute approximate surface area is 137 Å². The molecule has 1 aliphatic rings. The van der Waals surface area contributed by atoms with Gasteiger partial charge in [0.05, 0.1) is 29.3 Å². The first kappa shape index (κ1) is 16.1. The topological polar surface area (TPSA) is 79.1 Å². The number of H-pyrrole nitrogens is 2. The smallest absolute Gasteiger partial charge is 0.253 e. The van der Waals surface area contributed by atoms with Crippen LogP contribution in [-0.4, -0.2) is 48.3 Å². The molecule has 1 amide bonds. The van der Waals surface area contributed by atoms with E-state index in [1.165, 1.54) is 12.1 Å². The molecule has 0 spiro atoms.